The smallest absolute Gasteiger partial charge is 0.416 e. The third kappa shape index (κ3) is 3.92. The Labute approximate surface area is 164 Å². The number of hydrogen-bond acceptors (Lipinski definition) is 5. The van der Waals surface area contributed by atoms with Crippen LogP contribution in [0.4, 0.5) is 13.2 Å². The highest BCUT2D eigenvalue weighted by atomic mass is 19.4. The molecule has 4 rings (SSSR count). The minimum Gasteiger partial charge on any atom is -0.507 e. The molecule has 1 aliphatic rings. The van der Waals surface area contributed by atoms with E-state index >= 15 is 0 Å². The van der Waals surface area contributed by atoms with Crippen LogP contribution < -0.4 is 0 Å². The SMILES string of the molecule is Cc1cc(C(F)(F)F)cc(O)c1-c1ccc2cn(CC3(O)CCOCC3)nc2n1. The fraction of sp³-hybridized carbons (Fsp3) is 0.400. The lowest BCUT2D eigenvalue weighted by molar-refractivity contribution is -0.137. The number of hydrogen-bond donors (Lipinski definition) is 2. The van der Waals surface area contributed by atoms with Gasteiger partial charge < -0.3 is 14.9 Å². The maximum atomic E-state index is 12.9. The van der Waals surface area contributed by atoms with Crippen LogP contribution in [0, 0.1) is 6.92 Å². The summed E-state index contributed by atoms with van der Waals surface area (Å²) >= 11 is 0. The van der Waals surface area contributed by atoms with Gasteiger partial charge in [-0.2, -0.15) is 18.3 Å². The molecule has 1 fully saturated rings. The molecule has 3 heterocycles. The first-order chi connectivity index (χ1) is 13.6. The van der Waals surface area contributed by atoms with Crippen molar-refractivity contribution < 1.29 is 28.1 Å². The van der Waals surface area contributed by atoms with Gasteiger partial charge in [0.2, 0.25) is 0 Å². The maximum absolute atomic E-state index is 12.9. The van der Waals surface area contributed by atoms with Crippen molar-refractivity contribution in [1.29, 1.82) is 0 Å². The third-order valence-corrected chi connectivity index (χ3v) is 5.19. The van der Waals surface area contributed by atoms with Crippen molar-refractivity contribution in [3.05, 3.63) is 41.6 Å². The van der Waals surface area contributed by atoms with Crippen LogP contribution >= 0.6 is 0 Å². The lowest BCUT2D eigenvalue weighted by Gasteiger charge is -2.31. The van der Waals surface area contributed by atoms with E-state index in [-0.39, 0.29) is 11.1 Å². The first kappa shape index (κ1) is 19.7. The average molecular weight is 407 g/mol. The van der Waals surface area contributed by atoms with Crippen LogP contribution in [-0.2, 0) is 17.5 Å². The molecule has 0 spiro atoms. The summed E-state index contributed by atoms with van der Waals surface area (Å²) in [4.78, 5) is 4.42. The molecule has 0 unspecified atom stereocenters. The van der Waals surface area contributed by atoms with Gasteiger partial charge in [-0.1, -0.05) is 0 Å². The number of aromatic hydroxyl groups is 1. The Morgan fingerprint density at radius 1 is 1.21 bits per heavy atom. The summed E-state index contributed by atoms with van der Waals surface area (Å²) in [6, 6.07) is 5.06. The van der Waals surface area contributed by atoms with Crippen LogP contribution in [0.25, 0.3) is 22.3 Å². The van der Waals surface area contributed by atoms with E-state index in [0.29, 0.717) is 50.0 Å². The lowest BCUT2D eigenvalue weighted by Crippen LogP contribution is -2.40. The zero-order valence-corrected chi connectivity index (χ0v) is 15.7. The Hall–Kier alpha value is -2.65. The molecule has 1 saturated heterocycles. The van der Waals surface area contributed by atoms with Crippen LogP contribution in [0.3, 0.4) is 0 Å². The molecule has 1 aromatic carbocycles. The van der Waals surface area contributed by atoms with E-state index in [0.717, 1.165) is 11.5 Å². The highest BCUT2D eigenvalue weighted by Crippen LogP contribution is 2.38. The Bertz CT molecular complexity index is 1030. The van der Waals surface area contributed by atoms with Crippen LogP contribution in [0.2, 0.25) is 0 Å². The second kappa shape index (κ2) is 7.00. The number of aromatic nitrogens is 3. The average Bonchev–Trinajstić information content (AvgIpc) is 3.01. The molecule has 3 aromatic rings. The van der Waals surface area contributed by atoms with Gasteiger partial charge in [-0.25, -0.2) is 4.98 Å². The number of phenols is 1. The minimum atomic E-state index is -4.54. The van der Waals surface area contributed by atoms with E-state index in [1.54, 1.807) is 23.0 Å². The zero-order valence-electron chi connectivity index (χ0n) is 15.7. The highest BCUT2D eigenvalue weighted by Gasteiger charge is 2.32. The molecule has 6 nitrogen and oxygen atoms in total. The standard InChI is InChI=1S/C20H20F3N3O3/c1-12-8-14(20(21,22)23)9-16(27)17(12)15-3-2-13-10-26(25-18(13)24-15)11-19(28)4-6-29-7-5-19/h2-3,8-10,27-28H,4-7,11H2,1H3. The Kier molecular flexibility index (Phi) is 4.74. The number of phenolic OH excluding ortho intramolecular Hbond substituents is 1. The topological polar surface area (TPSA) is 80.4 Å². The van der Waals surface area contributed by atoms with Gasteiger partial charge in [0.1, 0.15) is 5.75 Å². The third-order valence-electron chi connectivity index (χ3n) is 5.19. The molecule has 2 aromatic heterocycles. The molecule has 0 bridgehead atoms. The van der Waals surface area contributed by atoms with Crippen LogP contribution in [0.5, 0.6) is 5.75 Å². The normalized spacial score (nSPS) is 17.0. The number of rotatable bonds is 3. The molecule has 154 valence electrons. The van der Waals surface area contributed by atoms with Crippen molar-refractivity contribution in [3.63, 3.8) is 0 Å². The summed E-state index contributed by atoms with van der Waals surface area (Å²) in [5, 5.41) is 26.0. The Balaban J connectivity index is 1.68. The summed E-state index contributed by atoms with van der Waals surface area (Å²) in [5.41, 5.74) is -0.595. The van der Waals surface area contributed by atoms with Gasteiger partial charge >= 0.3 is 6.18 Å². The van der Waals surface area contributed by atoms with Crippen molar-refractivity contribution in [2.75, 3.05) is 13.2 Å². The number of halogens is 3. The molecule has 0 aliphatic carbocycles. The summed E-state index contributed by atoms with van der Waals surface area (Å²) in [5.74, 6) is -0.486. The predicted octanol–water partition coefficient (Wildman–Crippen LogP) is 3.67. The fourth-order valence-electron chi connectivity index (χ4n) is 3.65. The van der Waals surface area contributed by atoms with Gasteiger partial charge in [-0.15, -0.1) is 0 Å². The van der Waals surface area contributed by atoms with Gasteiger partial charge in [0.25, 0.3) is 0 Å². The van der Waals surface area contributed by atoms with Gasteiger partial charge in [0.15, 0.2) is 5.65 Å². The molecular formula is C20H20F3N3O3. The molecule has 0 radical (unpaired) electrons. The lowest BCUT2D eigenvalue weighted by atomic mass is 9.94. The molecule has 0 amide bonds. The molecule has 1 aliphatic heterocycles. The van der Waals surface area contributed by atoms with Gasteiger partial charge in [0, 0.05) is 43.2 Å². The van der Waals surface area contributed by atoms with Gasteiger partial charge in [-0.3, -0.25) is 4.68 Å². The highest BCUT2D eigenvalue weighted by molar-refractivity contribution is 5.80. The maximum Gasteiger partial charge on any atom is 0.416 e. The minimum absolute atomic E-state index is 0.234. The zero-order chi connectivity index (χ0) is 20.8. The number of aliphatic hydroxyl groups is 1. The van der Waals surface area contributed by atoms with Crippen molar-refractivity contribution in [2.45, 2.75) is 38.1 Å². The molecule has 29 heavy (non-hydrogen) atoms. The largest absolute Gasteiger partial charge is 0.507 e. The van der Waals surface area contributed by atoms with Crippen LogP contribution in [-0.4, -0.2) is 43.8 Å². The molecule has 0 saturated carbocycles. The number of aryl methyl sites for hydroxylation is 1. The summed E-state index contributed by atoms with van der Waals surface area (Å²) in [7, 11) is 0. The number of benzene rings is 1. The van der Waals surface area contributed by atoms with E-state index in [4.69, 9.17) is 4.74 Å². The van der Waals surface area contributed by atoms with E-state index in [1.807, 2.05) is 0 Å². The fourth-order valence-corrected chi connectivity index (χ4v) is 3.65. The monoisotopic (exact) mass is 407 g/mol. The van der Waals surface area contributed by atoms with E-state index in [1.165, 1.54) is 6.92 Å². The van der Waals surface area contributed by atoms with E-state index < -0.39 is 23.1 Å². The van der Waals surface area contributed by atoms with Crippen molar-refractivity contribution >= 4 is 11.0 Å². The number of fused-ring (bicyclic) bond motifs is 1. The number of pyridine rings is 1. The predicted molar refractivity (Wildman–Crippen MR) is 99.4 cm³/mol. The van der Waals surface area contributed by atoms with Crippen LogP contribution in [0.1, 0.15) is 24.0 Å². The van der Waals surface area contributed by atoms with Gasteiger partial charge in [-0.05, 0) is 36.8 Å². The van der Waals surface area contributed by atoms with Crippen molar-refractivity contribution in [1.82, 2.24) is 14.8 Å². The summed E-state index contributed by atoms with van der Waals surface area (Å²) in [6.07, 6.45) is -1.75. The Morgan fingerprint density at radius 2 is 1.93 bits per heavy atom. The number of nitrogens with zero attached hydrogens (tertiary/aromatic N) is 3. The number of ether oxygens (including phenoxy) is 1. The Morgan fingerprint density at radius 3 is 2.59 bits per heavy atom. The second-order valence-electron chi connectivity index (χ2n) is 7.46. The van der Waals surface area contributed by atoms with E-state index in [9.17, 15) is 23.4 Å². The first-order valence-electron chi connectivity index (χ1n) is 9.20. The molecule has 2 N–H and O–H groups in total. The molecular weight excluding hydrogens is 387 g/mol. The van der Waals surface area contributed by atoms with E-state index in [2.05, 4.69) is 10.1 Å². The quantitative estimate of drug-likeness (QED) is 0.693. The first-order valence-corrected chi connectivity index (χ1v) is 9.20. The molecule has 9 heteroatoms. The van der Waals surface area contributed by atoms with Crippen molar-refractivity contribution in [3.8, 4) is 17.0 Å². The van der Waals surface area contributed by atoms with Gasteiger partial charge in [0.05, 0.1) is 23.4 Å². The van der Waals surface area contributed by atoms with Crippen LogP contribution in [0.15, 0.2) is 30.5 Å². The second-order valence-corrected chi connectivity index (χ2v) is 7.46. The van der Waals surface area contributed by atoms with Crippen molar-refractivity contribution in [2.24, 2.45) is 0 Å². The summed E-state index contributed by atoms with van der Waals surface area (Å²) in [6.45, 7) is 2.78. The summed E-state index contributed by atoms with van der Waals surface area (Å²) < 4.78 is 45.7. The molecule has 0 atom stereocenters. The number of alkyl halides is 3.